The standard InChI is InChI=1S/C11H24O3Si/c1-6-13-15(9(2)3,10(4)5)14-11-7-8-12-11/h9-11H,6-8H2,1-5H3. The van der Waals surface area contributed by atoms with E-state index in [4.69, 9.17) is 13.6 Å². The molecule has 0 radical (unpaired) electrons. The summed E-state index contributed by atoms with van der Waals surface area (Å²) in [5, 5.41) is 0. The predicted molar refractivity (Wildman–Crippen MR) is 63.0 cm³/mol. The van der Waals surface area contributed by atoms with E-state index in [1.54, 1.807) is 0 Å². The molecule has 1 fully saturated rings. The minimum atomic E-state index is -2.11. The number of hydrogen-bond acceptors (Lipinski definition) is 3. The van der Waals surface area contributed by atoms with Crippen molar-refractivity contribution in [2.45, 2.75) is 58.4 Å². The van der Waals surface area contributed by atoms with Gasteiger partial charge in [-0.2, -0.15) is 0 Å². The van der Waals surface area contributed by atoms with Gasteiger partial charge in [-0.05, 0) is 18.0 Å². The van der Waals surface area contributed by atoms with Gasteiger partial charge in [0.1, 0.15) is 0 Å². The van der Waals surface area contributed by atoms with Gasteiger partial charge in [0.05, 0.1) is 6.61 Å². The summed E-state index contributed by atoms with van der Waals surface area (Å²) < 4.78 is 17.5. The molecule has 0 aliphatic carbocycles. The first-order valence-corrected chi connectivity index (χ1v) is 7.93. The molecule has 0 amide bonds. The molecule has 90 valence electrons. The second kappa shape index (κ2) is 5.43. The number of hydrogen-bond donors (Lipinski definition) is 0. The maximum atomic E-state index is 6.13. The summed E-state index contributed by atoms with van der Waals surface area (Å²) >= 11 is 0. The van der Waals surface area contributed by atoms with Crippen molar-refractivity contribution >= 4 is 8.56 Å². The fourth-order valence-electron chi connectivity index (χ4n) is 2.04. The smallest absolute Gasteiger partial charge is 0.345 e. The van der Waals surface area contributed by atoms with Crippen LogP contribution in [0.1, 0.15) is 41.0 Å². The van der Waals surface area contributed by atoms with Crippen molar-refractivity contribution in [2.75, 3.05) is 13.2 Å². The molecule has 0 aromatic heterocycles. The van der Waals surface area contributed by atoms with E-state index >= 15 is 0 Å². The second-order valence-corrected chi connectivity index (χ2v) is 8.95. The summed E-state index contributed by atoms with van der Waals surface area (Å²) in [7, 11) is -2.11. The number of ether oxygens (including phenoxy) is 1. The Morgan fingerprint density at radius 2 is 1.80 bits per heavy atom. The van der Waals surface area contributed by atoms with E-state index in [9.17, 15) is 0 Å². The lowest BCUT2D eigenvalue weighted by atomic mass is 10.4. The first-order chi connectivity index (χ1) is 7.03. The average molecular weight is 232 g/mol. The van der Waals surface area contributed by atoms with Gasteiger partial charge in [-0.15, -0.1) is 0 Å². The third kappa shape index (κ3) is 2.81. The van der Waals surface area contributed by atoms with E-state index in [0.717, 1.165) is 19.6 Å². The summed E-state index contributed by atoms with van der Waals surface area (Å²) in [6.45, 7) is 12.4. The largest absolute Gasteiger partial charge is 0.394 e. The third-order valence-electron chi connectivity index (χ3n) is 2.95. The van der Waals surface area contributed by atoms with Gasteiger partial charge in [0.15, 0.2) is 6.29 Å². The lowest BCUT2D eigenvalue weighted by Crippen LogP contribution is -2.53. The summed E-state index contributed by atoms with van der Waals surface area (Å²) in [6, 6.07) is 0. The molecule has 0 saturated carbocycles. The molecule has 3 nitrogen and oxygen atoms in total. The molecule has 0 spiro atoms. The molecule has 0 N–H and O–H groups in total. The van der Waals surface area contributed by atoms with Crippen LogP contribution >= 0.6 is 0 Å². The van der Waals surface area contributed by atoms with Crippen LogP contribution in [0.4, 0.5) is 0 Å². The van der Waals surface area contributed by atoms with Crippen molar-refractivity contribution in [2.24, 2.45) is 0 Å². The van der Waals surface area contributed by atoms with E-state index in [0.29, 0.717) is 11.1 Å². The molecular weight excluding hydrogens is 208 g/mol. The molecule has 0 bridgehead atoms. The van der Waals surface area contributed by atoms with Crippen LogP contribution in [0.25, 0.3) is 0 Å². The molecule has 0 aromatic carbocycles. The first-order valence-electron chi connectivity index (χ1n) is 5.96. The molecule has 15 heavy (non-hydrogen) atoms. The zero-order chi connectivity index (χ0) is 11.5. The van der Waals surface area contributed by atoms with Crippen LogP contribution in [0.3, 0.4) is 0 Å². The third-order valence-corrected chi connectivity index (χ3v) is 7.54. The monoisotopic (exact) mass is 232 g/mol. The highest BCUT2D eigenvalue weighted by Crippen LogP contribution is 2.37. The molecule has 1 aliphatic heterocycles. The Kier molecular flexibility index (Phi) is 4.77. The zero-order valence-electron chi connectivity index (χ0n) is 10.6. The van der Waals surface area contributed by atoms with Crippen LogP contribution < -0.4 is 0 Å². The summed E-state index contributed by atoms with van der Waals surface area (Å²) in [5.41, 5.74) is 0.920. The molecule has 1 rings (SSSR count). The van der Waals surface area contributed by atoms with Gasteiger partial charge in [0.25, 0.3) is 0 Å². The van der Waals surface area contributed by atoms with E-state index in [-0.39, 0.29) is 6.29 Å². The van der Waals surface area contributed by atoms with Crippen molar-refractivity contribution in [1.29, 1.82) is 0 Å². The Hall–Kier alpha value is 0.0969. The van der Waals surface area contributed by atoms with Crippen molar-refractivity contribution in [1.82, 2.24) is 0 Å². The fraction of sp³-hybridized carbons (Fsp3) is 1.00. The highest BCUT2D eigenvalue weighted by atomic mass is 28.4. The SMILES string of the molecule is CCO[Si](OC1CCO1)(C(C)C)C(C)C. The van der Waals surface area contributed by atoms with E-state index < -0.39 is 8.56 Å². The minimum Gasteiger partial charge on any atom is -0.394 e. The number of rotatable bonds is 6. The Morgan fingerprint density at radius 1 is 1.27 bits per heavy atom. The van der Waals surface area contributed by atoms with Crippen LogP contribution in [0, 0.1) is 0 Å². The molecule has 4 heteroatoms. The average Bonchev–Trinajstić information content (AvgIpc) is 2.08. The van der Waals surface area contributed by atoms with Crippen LogP contribution in [-0.2, 0) is 13.6 Å². The molecule has 1 unspecified atom stereocenters. The molecule has 1 atom stereocenters. The lowest BCUT2D eigenvalue weighted by Gasteiger charge is -2.42. The highest BCUT2D eigenvalue weighted by molar-refractivity contribution is 6.70. The Bertz CT molecular complexity index is 182. The second-order valence-electron chi connectivity index (χ2n) is 4.67. The summed E-state index contributed by atoms with van der Waals surface area (Å²) in [5.74, 6) is 0. The fourth-order valence-corrected chi connectivity index (χ4v) is 5.70. The van der Waals surface area contributed by atoms with Crippen molar-refractivity contribution < 1.29 is 13.6 Å². The molecular formula is C11H24O3Si. The zero-order valence-corrected chi connectivity index (χ0v) is 11.6. The van der Waals surface area contributed by atoms with Gasteiger partial charge < -0.3 is 13.6 Å². The van der Waals surface area contributed by atoms with Crippen molar-refractivity contribution in [3.63, 3.8) is 0 Å². The highest BCUT2D eigenvalue weighted by Gasteiger charge is 2.47. The molecule has 1 heterocycles. The minimum absolute atomic E-state index is 0.00647. The van der Waals surface area contributed by atoms with E-state index in [1.165, 1.54) is 0 Å². The van der Waals surface area contributed by atoms with Crippen molar-refractivity contribution in [3.8, 4) is 0 Å². The topological polar surface area (TPSA) is 27.7 Å². The summed E-state index contributed by atoms with van der Waals surface area (Å²) in [4.78, 5) is 0. The van der Waals surface area contributed by atoms with Crippen LogP contribution in [0.2, 0.25) is 11.1 Å². The normalized spacial score (nSPS) is 22.2. The quantitative estimate of drug-likeness (QED) is 0.659. The summed E-state index contributed by atoms with van der Waals surface area (Å²) in [6.07, 6.45) is 1.01. The van der Waals surface area contributed by atoms with Gasteiger partial charge in [-0.25, -0.2) is 0 Å². The lowest BCUT2D eigenvalue weighted by molar-refractivity contribution is -0.181. The Labute approximate surface area is 94.4 Å². The van der Waals surface area contributed by atoms with E-state index in [1.807, 2.05) is 6.92 Å². The molecule has 1 aliphatic rings. The predicted octanol–water partition coefficient (Wildman–Crippen LogP) is 3.05. The Morgan fingerprint density at radius 3 is 2.07 bits per heavy atom. The maximum absolute atomic E-state index is 6.13. The molecule has 1 saturated heterocycles. The maximum Gasteiger partial charge on any atom is 0.345 e. The van der Waals surface area contributed by atoms with Crippen molar-refractivity contribution in [3.05, 3.63) is 0 Å². The van der Waals surface area contributed by atoms with Gasteiger partial charge in [-0.3, -0.25) is 0 Å². The van der Waals surface area contributed by atoms with Gasteiger partial charge in [-0.1, -0.05) is 27.7 Å². The van der Waals surface area contributed by atoms with Crippen LogP contribution in [0.15, 0.2) is 0 Å². The van der Waals surface area contributed by atoms with Crippen LogP contribution in [-0.4, -0.2) is 28.1 Å². The van der Waals surface area contributed by atoms with Gasteiger partial charge in [0, 0.05) is 13.0 Å². The van der Waals surface area contributed by atoms with Gasteiger partial charge in [0.2, 0.25) is 0 Å². The van der Waals surface area contributed by atoms with Gasteiger partial charge >= 0.3 is 8.56 Å². The van der Waals surface area contributed by atoms with E-state index in [2.05, 4.69) is 27.7 Å². The molecule has 0 aromatic rings. The van der Waals surface area contributed by atoms with Crippen LogP contribution in [0.5, 0.6) is 0 Å². The Balaban J connectivity index is 2.70. The first kappa shape index (κ1) is 13.2.